The fourth-order valence-electron chi connectivity index (χ4n) is 0.353. The van der Waals surface area contributed by atoms with Gasteiger partial charge in [-0.25, -0.2) is 4.57 Å². The number of rotatable bonds is 5. The normalized spacial score (nSPS) is 16.7. The second kappa shape index (κ2) is 4.79. The van der Waals surface area contributed by atoms with Crippen LogP contribution in [0.15, 0.2) is 0 Å². The maximum Gasteiger partial charge on any atom is 0.510 e. The van der Waals surface area contributed by atoms with Gasteiger partial charge in [0.05, 0.1) is 13.2 Å². The molecule has 0 bridgehead atoms. The van der Waals surface area contributed by atoms with Crippen LogP contribution in [-0.2, 0) is 13.8 Å². The average molecular weight is 172 g/mol. The molecular formula is C4H10FO4P. The van der Waals surface area contributed by atoms with Crippen molar-refractivity contribution in [3.05, 3.63) is 0 Å². The zero-order chi connectivity index (χ0) is 8.04. The molecule has 1 N–H and O–H groups in total. The van der Waals surface area contributed by atoms with Crippen LogP contribution in [0.2, 0.25) is 0 Å². The molecule has 0 radical (unpaired) electrons. The molecule has 0 aromatic carbocycles. The van der Waals surface area contributed by atoms with Crippen LogP contribution in [-0.4, -0.2) is 24.7 Å². The number of hydrogen-bond donors (Lipinski definition) is 1. The largest absolute Gasteiger partial charge is 0.510 e. The Kier molecular flexibility index (Phi) is 4.81. The smallest absolute Gasteiger partial charge is 0.379 e. The zero-order valence-corrected chi connectivity index (χ0v) is 6.51. The molecule has 62 valence electrons. The fraction of sp³-hybridized carbons (Fsp3) is 1.00. The van der Waals surface area contributed by atoms with Crippen molar-refractivity contribution in [3.63, 3.8) is 0 Å². The van der Waals surface area contributed by atoms with Crippen LogP contribution in [0.25, 0.3) is 0 Å². The summed E-state index contributed by atoms with van der Waals surface area (Å²) in [6.07, 6.45) is 0. The Bertz CT molecular complexity index is 122. The Hall–Kier alpha value is 0.0400. The van der Waals surface area contributed by atoms with Gasteiger partial charge in [-0.15, -0.1) is 4.20 Å². The monoisotopic (exact) mass is 172 g/mol. The SMILES string of the molecule is CCOCCOP(=O)(O)F. The lowest BCUT2D eigenvalue weighted by Crippen LogP contribution is -2.00. The molecule has 0 aliphatic heterocycles. The summed E-state index contributed by atoms with van der Waals surface area (Å²) in [6, 6.07) is 0. The van der Waals surface area contributed by atoms with E-state index in [1.165, 1.54) is 0 Å². The van der Waals surface area contributed by atoms with E-state index in [4.69, 9.17) is 9.63 Å². The van der Waals surface area contributed by atoms with Gasteiger partial charge in [0, 0.05) is 6.61 Å². The number of hydrogen-bond acceptors (Lipinski definition) is 3. The van der Waals surface area contributed by atoms with Crippen molar-refractivity contribution >= 4 is 7.91 Å². The van der Waals surface area contributed by atoms with Gasteiger partial charge in [0.2, 0.25) is 0 Å². The average Bonchev–Trinajstić information content (AvgIpc) is 1.78. The first-order valence-corrected chi connectivity index (χ1v) is 4.28. The van der Waals surface area contributed by atoms with E-state index in [-0.39, 0.29) is 13.2 Å². The van der Waals surface area contributed by atoms with Crippen molar-refractivity contribution in [2.75, 3.05) is 19.8 Å². The minimum absolute atomic E-state index is 0.130. The van der Waals surface area contributed by atoms with Gasteiger partial charge in [-0.2, -0.15) is 0 Å². The van der Waals surface area contributed by atoms with Gasteiger partial charge in [0.25, 0.3) is 0 Å². The maximum atomic E-state index is 11.6. The summed E-state index contributed by atoms with van der Waals surface area (Å²) >= 11 is 0. The topological polar surface area (TPSA) is 55.8 Å². The molecule has 0 amide bonds. The predicted molar refractivity (Wildman–Crippen MR) is 33.4 cm³/mol. The van der Waals surface area contributed by atoms with E-state index in [0.29, 0.717) is 6.61 Å². The lowest BCUT2D eigenvalue weighted by Gasteiger charge is -2.01. The van der Waals surface area contributed by atoms with Crippen LogP contribution in [0.4, 0.5) is 4.20 Å². The predicted octanol–water partition coefficient (Wildman–Crippen LogP) is 1.11. The molecule has 0 heterocycles. The molecular weight excluding hydrogens is 162 g/mol. The molecule has 0 spiro atoms. The Balaban J connectivity index is 3.13. The molecule has 0 aliphatic carbocycles. The van der Waals surface area contributed by atoms with Gasteiger partial charge < -0.3 is 4.74 Å². The van der Waals surface area contributed by atoms with E-state index in [2.05, 4.69) is 4.52 Å². The Labute approximate surface area is 58.6 Å². The lowest BCUT2D eigenvalue weighted by atomic mass is 10.8. The van der Waals surface area contributed by atoms with Gasteiger partial charge >= 0.3 is 7.91 Å². The van der Waals surface area contributed by atoms with E-state index >= 15 is 0 Å². The Morgan fingerprint density at radius 1 is 1.60 bits per heavy atom. The van der Waals surface area contributed by atoms with E-state index in [1.54, 1.807) is 6.92 Å². The highest BCUT2D eigenvalue weighted by molar-refractivity contribution is 7.46. The van der Waals surface area contributed by atoms with Crippen LogP contribution < -0.4 is 0 Å². The summed E-state index contributed by atoms with van der Waals surface area (Å²) in [7, 11) is -4.79. The Morgan fingerprint density at radius 3 is 2.60 bits per heavy atom. The first-order valence-electron chi connectivity index (χ1n) is 2.81. The Morgan fingerprint density at radius 2 is 2.20 bits per heavy atom. The minimum atomic E-state index is -4.79. The number of ether oxygens (including phenoxy) is 1. The van der Waals surface area contributed by atoms with Gasteiger partial charge in [-0.1, -0.05) is 0 Å². The standard InChI is InChI=1S/C4H10FO4P/c1-2-8-3-4-9-10(5,6)7/h2-4H2,1H3,(H,6,7). The molecule has 0 aromatic rings. The first-order chi connectivity index (χ1) is 4.56. The van der Waals surface area contributed by atoms with Crippen LogP contribution >= 0.6 is 7.91 Å². The summed E-state index contributed by atoms with van der Waals surface area (Å²) in [5.41, 5.74) is 0. The van der Waals surface area contributed by atoms with Crippen molar-refractivity contribution in [3.8, 4) is 0 Å². The zero-order valence-electron chi connectivity index (χ0n) is 5.62. The molecule has 0 rings (SSSR count). The molecule has 1 atom stereocenters. The van der Waals surface area contributed by atoms with Gasteiger partial charge in [0.1, 0.15) is 0 Å². The highest BCUT2D eigenvalue weighted by Crippen LogP contribution is 2.42. The van der Waals surface area contributed by atoms with Crippen molar-refractivity contribution in [2.24, 2.45) is 0 Å². The summed E-state index contributed by atoms with van der Waals surface area (Å²) in [5.74, 6) is 0. The molecule has 4 nitrogen and oxygen atoms in total. The molecule has 1 unspecified atom stereocenters. The molecule has 0 saturated carbocycles. The van der Waals surface area contributed by atoms with Crippen LogP contribution in [0.5, 0.6) is 0 Å². The summed E-state index contributed by atoms with van der Waals surface area (Å²) in [4.78, 5) is 7.93. The lowest BCUT2D eigenvalue weighted by molar-refractivity contribution is 0.0989. The quantitative estimate of drug-likeness (QED) is 0.498. The molecule has 0 aliphatic rings. The minimum Gasteiger partial charge on any atom is -0.379 e. The molecule has 10 heavy (non-hydrogen) atoms. The number of halogens is 1. The van der Waals surface area contributed by atoms with Crippen molar-refractivity contribution in [1.82, 2.24) is 0 Å². The third-order valence-corrected chi connectivity index (χ3v) is 1.18. The van der Waals surface area contributed by atoms with Gasteiger partial charge in [-0.3, -0.25) is 9.42 Å². The maximum absolute atomic E-state index is 11.6. The van der Waals surface area contributed by atoms with Gasteiger partial charge in [0.15, 0.2) is 0 Å². The summed E-state index contributed by atoms with van der Waals surface area (Å²) in [6.45, 7) is 2.17. The third-order valence-electron chi connectivity index (χ3n) is 0.682. The van der Waals surface area contributed by atoms with E-state index < -0.39 is 7.91 Å². The van der Waals surface area contributed by atoms with Crippen molar-refractivity contribution < 1.29 is 22.9 Å². The molecule has 0 saturated heterocycles. The van der Waals surface area contributed by atoms with Crippen LogP contribution in [0.3, 0.4) is 0 Å². The summed E-state index contributed by atoms with van der Waals surface area (Å²) in [5, 5.41) is 0. The molecule has 6 heteroatoms. The van der Waals surface area contributed by atoms with Crippen molar-refractivity contribution in [2.45, 2.75) is 6.92 Å². The molecule has 0 fully saturated rings. The fourth-order valence-corrected chi connectivity index (χ4v) is 0.653. The van der Waals surface area contributed by atoms with E-state index in [9.17, 15) is 8.76 Å². The van der Waals surface area contributed by atoms with Crippen LogP contribution in [0.1, 0.15) is 6.92 Å². The highest BCUT2D eigenvalue weighted by Gasteiger charge is 2.15. The van der Waals surface area contributed by atoms with Crippen LogP contribution in [0, 0.1) is 0 Å². The van der Waals surface area contributed by atoms with Crippen molar-refractivity contribution in [1.29, 1.82) is 0 Å². The second-order valence-electron chi connectivity index (χ2n) is 1.48. The second-order valence-corrected chi connectivity index (χ2v) is 2.64. The summed E-state index contributed by atoms with van der Waals surface area (Å²) < 4.78 is 30.0. The first kappa shape index (κ1) is 10.0. The van der Waals surface area contributed by atoms with E-state index in [1.807, 2.05) is 0 Å². The molecule has 0 aromatic heterocycles. The highest BCUT2D eigenvalue weighted by atomic mass is 31.2. The van der Waals surface area contributed by atoms with E-state index in [0.717, 1.165) is 0 Å². The third kappa shape index (κ3) is 8.04. The van der Waals surface area contributed by atoms with Gasteiger partial charge in [-0.05, 0) is 6.92 Å².